The molecule has 1 fully saturated rings. The molecule has 0 aromatic heterocycles. The van der Waals surface area contributed by atoms with Gasteiger partial charge in [0.15, 0.2) is 0 Å². The van der Waals surface area contributed by atoms with Gasteiger partial charge in [0.25, 0.3) is 5.91 Å². The molecule has 1 aliphatic carbocycles. The van der Waals surface area contributed by atoms with Gasteiger partial charge in [0.2, 0.25) is 5.91 Å². The molecule has 2 amide bonds. The molecule has 1 aromatic rings. The number of carbonyl (C=O) groups is 2. The monoisotopic (exact) mass is 316 g/mol. The molecule has 0 aliphatic heterocycles. The molecule has 1 aliphatic rings. The number of amides is 2. The van der Waals surface area contributed by atoms with Gasteiger partial charge in [0.1, 0.15) is 6.04 Å². The van der Waals surface area contributed by atoms with Crippen LogP contribution in [-0.4, -0.2) is 23.9 Å². The van der Waals surface area contributed by atoms with Crippen molar-refractivity contribution in [3.05, 3.63) is 35.9 Å². The van der Waals surface area contributed by atoms with Gasteiger partial charge in [-0.05, 0) is 37.3 Å². The summed E-state index contributed by atoms with van der Waals surface area (Å²) in [4.78, 5) is 24.9. The third-order valence-electron chi connectivity index (χ3n) is 4.32. The van der Waals surface area contributed by atoms with E-state index in [1.54, 1.807) is 12.1 Å². The van der Waals surface area contributed by atoms with E-state index in [1.165, 1.54) is 19.3 Å². The smallest absolute Gasteiger partial charge is 0.251 e. The van der Waals surface area contributed by atoms with Crippen LogP contribution in [0.3, 0.4) is 0 Å². The Hall–Kier alpha value is -1.84. The lowest BCUT2D eigenvalue weighted by Gasteiger charge is -2.26. The highest BCUT2D eigenvalue weighted by Gasteiger charge is 2.25. The van der Waals surface area contributed by atoms with Crippen molar-refractivity contribution in [3.8, 4) is 0 Å². The fourth-order valence-electron chi connectivity index (χ4n) is 3.08. The second-order valence-electron chi connectivity index (χ2n) is 6.87. The van der Waals surface area contributed by atoms with E-state index in [1.807, 2.05) is 18.2 Å². The fourth-order valence-corrected chi connectivity index (χ4v) is 3.08. The van der Waals surface area contributed by atoms with E-state index in [4.69, 9.17) is 0 Å². The topological polar surface area (TPSA) is 58.2 Å². The molecule has 1 atom stereocenters. The lowest BCUT2D eigenvalue weighted by molar-refractivity contribution is -0.124. The van der Waals surface area contributed by atoms with Gasteiger partial charge in [-0.15, -0.1) is 0 Å². The van der Waals surface area contributed by atoms with Crippen molar-refractivity contribution >= 4 is 11.8 Å². The number of carbonyl (C=O) groups excluding carboxylic acids is 2. The van der Waals surface area contributed by atoms with Crippen LogP contribution in [0.5, 0.6) is 0 Å². The lowest BCUT2D eigenvalue weighted by atomic mass is 9.94. The Kier molecular flexibility index (Phi) is 6.63. The fraction of sp³-hybridized carbons (Fsp3) is 0.579. The molecule has 1 aromatic carbocycles. The van der Waals surface area contributed by atoms with Gasteiger partial charge in [0.05, 0.1) is 0 Å². The maximum absolute atomic E-state index is 12.6. The third kappa shape index (κ3) is 5.70. The van der Waals surface area contributed by atoms with Crippen molar-refractivity contribution in [3.63, 3.8) is 0 Å². The minimum atomic E-state index is -0.468. The molecule has 0 spiro atoms. The summed E-state index contributed by atoms with van der Waals surface area (Å²) in [5, 5.41) is 6.03. The number of hydrogen-bond donors (Lipinski definition) is 2. The highest BCUT2D eigenvalue weighted by molar-refractivity contribution is 5.97. The zero-order valence-corrected chi connectivity index (χ0v) is 14.2. The predicted octanol–water partition coefficient (Wildman–Crippen LogP) is 3.28. The normalized spacial score (nSPS) is 16.8. The van der Waals surface area contributed by atoms with Gasteiger partial charge in [0, 0.05) is 11.6 Å². The highest BCUT2D eigenvalue weighted by atomic mass is 16.2. The Bertz CT molecular complexity index is 507. The van der Waals surface area contributed by atoms with Gasteiger partial charge < -0.3 is 10.6 Å². The van der Waals surface area contributed by atoms with E-state index in [0.717, 1.165) is 12.8 Å². The molecular weight excluding hydrogens is 288 g/mol. The average Bonchev–Trinajstić information content (AvgIpc) is 2.55. The van der Waals surface area contributed by atoms with E-state index in [-0.39, 0.29) is 17.9 Å². The van der Waals surface area contributed by atoms with E-state index in [2.05, 4.69) is 24.5 Å². The molecule has 0 unspecified atom stereocenters. The van der Waals surface area contributed by atoms with Crippen LogP contribution in [0.15, 0.2) is 30.3 Å². The SMILES string of the molecule is CC(C)C[C@@H](NC(=O)c1ccccc1)C(=O)NC1CCCCC1. The minimum absolute atomic E-state index is 0.0464. The molecule has 1 saturated carbocycles. The maximum Gasteiger partial charge on any atom is 0.251 e. The number of benzene rings is 1. The van der Waals surface area contributed by atoms with Crippen molar-refractivity contribution in [1.82, 2.24) is 10.6 Å². The average molecular weight is 316 g/mol. The molecule has 0 saturated heterocycles. The second-order valence-corrected chi connectivity index (χ2v) is 6.87. The van der Waals surface area contributed by atoms with Crippen LogP contribution >= 0.6 is 0 Å². The Morgan fingerprint density at radius 3 is 2.35 bits per heavy atom. The largest absolute Gasteiger partial charge is 0.352 e. The summed E-state index contributed by atoms with van der Waals surface area (Å²) < 4.78 is 0. The zero-order chi connectivity index (χ0) is 16.7. The standard InChI is InChI=1S/C19H28N2O2/c1-14(2)13-17(19(23)20-16-11-7-4-8-12-16)21-18(22)15-9-5-3-6-10-15/h3,5-6,9-10,14,16-17H,4,7-8,11-13H2,1-2H3,(H,20,23)(H,21,22)/t17-/m1/s1. The predicted molar refractivity (Wildman–Crippen MR) is 92.2 cm³/mol. The number of rotatable bonds is 6. The van der Waals surface area contributed by atoms with Crippen LogP contribution in [0.1, 0.15) is 62.7 Å². The first-order valence-corrected chi connectivity index (χ1v) is 8.72. The quantitative estimate of drug-likeness (QED) is 0.846. The Labute approximate surface area is 139 Å². The molecule has 2 rings (SSSR count). The minimum Gasteiger partial charge on any atom is -0.352 e. The van der Waals surface area contributed by atoms with Gasteiger partial charge in [-0.1, -0.05) is 51.3 Å². The summed E-state index contributed by atoms with van der Waals surface area (Å²) in [5.41, 5.74) is 0.590. The first kappa shape index (κ1) is 17.5. The molecule has 0 bridgehead atoms. The molecule has 0 radical (unpaired) electrons. The van der Waals surface area contributed by atoms with Crippen LogP contribution in [0, 0.1) is 5.92 Å². The molecule has 23 heavy (non-hydrogen) atoms. The van der Waals surface area contributed by atoms with Crippen LogP contribution in [0.4, 0.5) is 0 Å². The van der Waals surface area contributed by atoms with E-state index < -0.39 is 6.04 Å². The highest BCUT2D eigenvalue weighted by Crippen LogP contribution is 2.18. The summed E-state index contributed by atoms with van der Waals surface area (Å²) in [6.45, 7) is 4.13. The second kappa shape index (κ2) is 8.70. The molecule has 2 N–H and O–H groups in total. The molecule has 0 heterocycles. The summed E-state index contributed by atoms with van der Waals surface area (Å²) in [7, 11) is 0. The van der Waals surface area contributed by atoms with Crippen LogP contribution in [-0.2, 0) is 4.79 Å². The van der Waals surface area contributed by atoms with Gasteiger partial charge in [-0.25, -0.2) is 0 Å². The van der Waals surface area contributed by atoms with E-state index in [9.17, 15) is 9.59 Å². The molecular formula is C19H28N2O2. The Balaban J connectivity index is 1.97. The summed E-state index contributed by atoms with van der Waals surface area (Å²) >= 11 is 0. The number of hydrogen-bond acceptors (Lipinski definition) is 2. The first-order chi connectivity index (χ1) is 11.1. The van der Waals surface area contributed by atoms with Crippen molar-refractivity contribution in [2.24, 2.45) is 5.92 Å². The van der Waals surface area contributed by atoms with Crippen LogP contribution in [0.25, 0.3) is 0 Å². The van der Waals surface area contributed by atoms with Crippen LogP contribution in [0.2, 0.25) is 0 Å². The van der Waals surface area contributed by atoms with Gasteiger partial charge >= 0.3 is 0 Å². The lowest BCUT2D eigenvalue weighted by Crippen LogP contribution is -2.50. The number of nitrogens with one attached hydrogen (secondary N) is 2. The third-order valence-corrected chi connectivity index (χ3v) is 4.32. The Morgan fingerprint density at radius 2 is 1.74 bits per heavy atom. The summed E-state index contributed by atoms with van der Waals surface area (Å²) in [6.07, 6.45) is 6.36. The van der Waals surface area contributed by atoms with Crippen molar-refractivity contribution in [1.29, 1.82) is 0 Å². The molecule has 4 heteroatoms. The first-order valence-electron chi connectivity index (χ1n) is 8.72. The van der Waals surface area contributed by atoms with Crippen LogP contribution < -0.4 is 10.6 Å². The van der Waals surface area contributed by atoms with E-state index >= 15 is 0 Å². The molecule has 126 valence electrons. The zero-order valence-electron chi connectivity index (χ0n) is 14.2. The van der Waals surface area contributed by atoms with Crippen molar-refractivity contribution in [2.45, 2.75) is 64.5 Å². The Morgan fingerprint density at radius 1 is 1.09 bits per heavy atom. The van der Waals surface area contributed by atoms with Crippen molar-refractivity contribution < 1.29 is 9.59 Å². The maximum atomic E-state index is 12.6. The summed E-state index contributed by atoms with van der Waals surface area (Å²) in [6, 6.07) is 8.85. The molecule has 4 nitrogen and oxygen atoms in total. The van der Waals surface area contributed by atoms with Crippen molar-refractivity contribution in [2.75, 3.05) is 0 Å². The van der Waals surface area contributed by atoms with Gasteiger partial charge in [-0.3, -0.25) is 9.59 Å². The summed E-state index contributed by atoms with van der Waals surface area (Å²) in [5.74, 6) is 0.109. The van der Waals surface area contributed by atoms with Gasteiger partial charge in [-0.2, -0.15) is 0 Å². The van der Waals surface area contributed by atoms with E-state index in [0.29, 0.717) is 17.9 Å².